The molecule has 0 saturated heterocycles. The van der Waals surface area contributed by atoms with E-state index < -0.39 is 83.1 Å². The second kappa shape index (κ2) is 9.71. The first-order valence-corrected chi connectivity index (χ1v) is 9.60. The number of halogens is 23. The van der Waals surface area contributed by atoms with Crippen LogP contribution in [0.4, 0.5) is 101 Å². The molecule has 0 radical (unpaired) electrons. The number of phenols is 1. The molecule has 1 nitrogen and oxygen atoms in total. The fourth-order valence-electron chi connectivity index (χ4n) is 2.77. The molecule has 0 spiro atoms. The highest BCUT2D eigenvalue weighted by atomic mass is 19.4. The second-order valence-electron chi connectivity index (χ2n) is 8.21. The normalized spacial score (nSPS) is 16.2. The zero-order valence-corrected chi connectivity index (χ0v) is 18.7. The molecular formula is C18H7F23O. The molecule has 246 valence electrons. The highest BCUT2D eigenvalue weighted by Crippen LogP contribution is 2.67. The van der Waals surface area contributed by atoms with Gasteiger partial charge in [0.1, 0.15) is 5.75 Å². The molecule has 0 aliphatic carbocycles. The summed E-state index contributed by atoms with van der Waals surface area (Å²) in [5, 5.41) is 8.91. The van der Waals surface area contributed by atoms with Gasteiger partial charge in [0, 0.05) is 6.42 Å². The van der Waals surface area contributed by atoms with E-state index in [1.165, 1.54) is 0 Å². The van der Waals surface area contributed by atoms with E-state index in [0.717, 1.165) is 0 Å². The molecule has 0 saturated carbocycles. The Kier molecular flexibility index (Phi) is 8.65. The van der Waals surface area contributed by atoms with Crippen LogP contribution >= 0.6 is 0 Å². The van der Waals surface area contributed by atoms with Crippen LogP contribution in [0.15, 0.2) is 24.3 Å². The van der Waals surface area contributed by atoms with E-state index in [1.54, 1.807) is 0 Å². The molecule has 0 unspecified atom stereocenters. The summed E-state index contributed by atoms with van der Waals surface area (Å²) in [7, 11) is 0. The van der Waals surface area contributed by atoms with Crippen LogP contribution in [-0.2, 0) is 6.42 Å². The Morgan fingerprint density at radius 1 is 0.357 bits per heavy atom. The van der Waals surface area contributed by atoms with E-state index in [9.17, 15) is 101 Å². The Morgan fingerprint density at radius 3 is 0.857 bits per heavy atom. The number of aromatic hydroxyl groups is 1. The fourth-order valence-corrected chi connectivity index (χ4v) is 2.77. The van der Waals surface area contributed by atoms with E-state index in [-0.39, 0.29) is 12.1 Å². The first-order chi connectivity index (χ1) is 18.0. The molecule has 0 aliphatic rings. The van der Waals surface area contributed by atoms with Crippen LogP contribution in [0.3, 0.4) is 0 Å². The summed E-state index contributed by atoms with van der Waals surface area (Å²) in [5.41, 5.74) is -1.33. The predicted octanol–water partition coefficient (Wildman–Crippen LogP) is 8.85. The van der Waals surface area contributed by atoms with Crippen molar-refractivity contribution in [2.24, 2.45) is 0 Å². The predicted molar refractivity (Wildman–Crippen MR) is 87.3 cm³/mol. The lowest BCUT2D eigenvalue weighted by atomic mass is 9.84. The van der Waals surface area contributed by atoms with Crippen LogP contribution in [0.2, 0.25) is 0 Å². The third-order valence-electron chi connectivity index (χ3n) is 5.33. The van der Waals surface area contributed by atoms with Crippen molar-refractivity contribution in [2.45, 2.75) is 71.8 Å². The number of rotatable bonds is 11. The van der Waals surface area contributed by atoms with Crippen molar-refractivity contribution >= 4 is 0 Å². The van der Waals surface area contributed by atoms with Gasteiger partial charge < -0.3 is 5.11 Å². The number of hydrogen-bond acceptors (Lipinski definition) is 1. The monoisotopic (exact) mass is 676 g/mol. The van der Waals surface area contributed by atoms with Crippen molar-refractivity contribution in [3.63, 3.8) is 0 Å². The SMILES string of the molecule is Oc1ccc(CC(F)(F)C(F)(F)C(F)(F)C(F)(F)C(F)(F)C(F)(F)C(F)(F)C(F)(F)C(F)(F)C(F)(F)C(F)(F)F)cc1. The highest BCUT2D eigenvalue weighted by molar-refractivity contribution is 5.28. The maximum Gasteiger partial charge on any atom is 0.460 e. The summed E-state index contributed by atoms with van der Waals surface area (Å²) in [5.74, 6) is -88.5. The van der Waals surface area contributed by atoms with Crippen molar-refractivity contribution in [1.82, 2.24) is 0 Å². The smallest absolute Gasteiger partial charge is 0.460 e. The number of phenolic OH excluding ortho intramolecular Hbond substituents is 1. The average Bonchev–Trinajstić information content (AvgIpc) is 2.78. The topological polar surface area (TPSA) is 20.2 Å². The molecule has 0 bridgehead atoms. The molecule has 1 rings (SSSR count). The average molecular weight is 676 g/mol. The standard InChI is InChI=1S/C18H7F23O/c19-8(20,5-6-1-3-7(42)4-2-6)9(21,22)10(23,24)11(25,26)12(27,28)13(29,30)14(31,32)15(33,34)16(35,36)17(37,38)18(39,40)41/h1-4,42H,5H2. The van der Waals surface area contributed by atoms with Crippen LogP contribution in [0.1, 0.15) is 5.56 Å². The molecule has 42 heavy (non-hydrogen) atoms. The number of hydrogen-bond donors (Lipinski definition) is 1. The lowest BCUT2D eigenvalue weighted by Gasteiger charge is -2.45. The Balaban J connectivity index is 3.77. The number of benzene rings is 1. The van der Waals surface area contributed by atoms with Gasteiger partial charge in [-0.25, -0.2) is 0 Å². The minimum absolute atomic E-state index is 0.178. The van der Waals surface area contributed by atoms with E-state index in [1.807, 2.05) is 0 Å². The van der Waals surface area contributed by atoms with Gasteiger partial charge in [-0.15, -0.1) is 0 Å². The molecular weight excluding hydrogens is 669 g/mol. The summed E-state index contributed by atoms with van der Waals surface area (Å²) in [6, 6.07) is 1.06. The van der Waals surface area contributed by atoms with Crippen molar-refractivity contribution in [3.8, 4) is 5.75 Å². The lowest BCUT2D eigenvalue weighted by molar-refractivity contribution is -0.478. The van der Waals surface area contributed by atoms with Crippen molar-refractivity contribution < 1.29 is 106 Å². The third-order valence-corrected chi connectivity index (χ3v) is 5.33. The summed E-state index contributed by atoms with van der Waals surface area (Å²) < 4.78 is 308. The largest absolute Gasteiger partial charge is 0.508 e. The molecule has 0 aromatic heterocycles. The molecule has 0 aliphatic heterocycles. The zero-order valence-electron chi connectivity index (χ0n) is 18.7. The Labute approximate surface area is 214 Å². The minimum Gasteiger partial charge on any atom is -0.508 e. The summed E-state index contributed by atoms with van der Waals surface area (Å²) in [6.45, 7) is 0. The van der Waals surface area contributed by atoms with Crippen LogP contribution in [0.25, 0.3) is 0 Å². The van der Waals surface area contributed by atoms with E-state index in [4.69, 9.17) is 5.11 Å². The van der Waals surface area contributed by atoms with Gasteiger partial charge in [0.15, 0.2) is 0 Å². The van der Waals surface area contributed by atoms with Crippen molar-refractivity contribution in [3.05, 3.63) is 29.8 Å². The Hall–Kier alpha value is -2.59. The summed E-state index contributed by atoms with van der Waals surface area (Å²) in [6.07, 6.45) is -11.0. The maximum atomic E-state index is 13.9. The molecule has 24 heteroatoms. The molecule has 0 fully saturated rings. The van der Waals surface area contributed by atoms with Crippen LogP contribution in [0.5, 0.6) is 5.75 Å². The van der Waals surface area contributed by atoms with Crippen LogP contribution < -0.4 is 0 Å². The lowest BCUT2D eigenvalue weighted by Crippen LogP contribution is -2.77. The number of alkyl halides is 23. The van der Waals surface area contributed by atoms with E-state index >= 15 is 0 Å². The third kappa shape index (κ3) is 4.73. The molecule has 1 aromatic rings. The van der Waals surface area contributed by atoms with Gasteiger partial charge in [-0.05, 0) is 17.7 Å². The fraction of sp³-hybridized carbons (Fsp3) is 0.667. The minimum atomic E-state index is -9.41. The van der Waals surface area contributed by atoms with Gasteiger partial charge >= 0.3 is 65.4 Å². The summed E-state index contributed by atoms with van der Waals surface area (Å²) in [4.78, 5) is 0. The van der Waals surface area contributed by atoms with Crippen molar-refractivity contribution in [2.75, 3.05) is 0 Å². The molecule has 0 atom stereocenters. The summed E-state index contributed by atoms with van der Waals surface area (Å²) >= 11 is 0. The Bertz CT molecular complexity index is 1110. The zero-order chi connectivity index (χ0) is 34.2. The quantitative estimate of drug-likeness (QED) is 0.233. The van der Waals surface area contributed by atoms with Gasteiger partial charge in [-0.2, -0.15) is 101 Å². The van der Waals surface area contributed by atoms with Crippen molar-refractivity contribution in [1.29, 1.82) is 0 Å². The maximum absolute atomic E-state index is 13.9. The molecule has 1 aromatic carbocycles. The van der Waals surface area contributed by atoms with Gasteiger partial charge in [0.2, 0.25) is 0 Å². The van der Waals surface area contributed by atoms with Gasteiger partial charge in [-0.3, -0.25) is 0 Å². The second-order valence-corrected chi connectivity index (χ2v) is 8.21. The first-order valence-electron chi connectivity index (χ1n) is 9.60. The first kappa shape index (κ1) is 37.4. The van der Waals surface area contributed by atoms with Gasteiger partial charge in [0.05, 0.1) is 0 Å². The Morgan fingerprint density at radius 2 is 0.595 bits per heavy atom. The van der Waals surface area contributed by atoms with Gasteiger partial charge in [0.25, 0.3) is 0 Å². The van der Waals surface area contributed by atoms with Crippen LogP contribution in [-0.4, -0.2) is 70.5 Å². The molecule has 0 heterocycles. The van der Waals surface area contributed by atoms with Crippen LogP contribution in [0, 0.1) is 0 Å². The highest BCUT2D eigenvalue weighted by Gasteiger charge is 2.98. The van der Waals surface area contributed by atoms with E-state index in [0.29, 0.717) is 12.1 Å². The molecule has 0 amide bonds. The van der Waals surface area contributed by atoms with Gasteiger partial charge in [-0.1, -0.05) is 12.1 Å². The molecule has 1 N–H and O–H groups in total. The van der Waals surface area contributed by atoms with E-state index in [2.05, 4.69) is 0 Å².